The summed E-state index contributed by atoms with van der Waals surface area (Å²) in [4.78, 5) is 17.8. The number of thiazole rings is 1. The van der Waals surface area contributed by atoms with E-state index in [-0.39, 0.29) is 12.5 Å². The maximum Gasteiger partial charge on any atom is 0.243 e. The van der Waals surface area contributed by atoms with Gasteiger partial charge in [0.1, 0.15) is 0 Å². The van der Waals surface area contributed by atoms with Crippen molar-refractivity contribution in [3.8, 4) is 0 Å². The van der Waals surface area contributed by atoms with E-state index in [2.05, 4.69) is 10.3 Å². The van der Waals surface area contributed by atoms with Crippen LogP contribution in [-0.4, -0.2) is 30.2 Å². The van der Waals surface area contributed by atoms with Crippen LogP contribution in [0.4, 0.5) is 5.13 Å². The number of carbonyl (C=O) groups is 1. The summed E-state index contributed by atoms with van der Waals surface area (Å²) in [5.74, 6) is -0.104. The number of amides is 1. The molecule has 2 aromatic rings. The molecule has 3 rings (SSSR count). The number of anilines is 1. The number of sulfonamides is 1. The van der Waals surface area contributed by atoms with Crippen LogP contribution < -0.4 is 5.32 Å². The van der Waals surface area contributed by atoms with Crippen LogP contribution in [0, 0.1) is 12.3 Å². The summed E-state index contributed by atoms with van der Waals surface area (Å²) in [6.07, 6.45) is 0.544. The van der Waals surface area contributed by atoms with Gasteiger partial charge in [-0.3, -0.25) is 4.79 Å². The topological polar surface area (TPSA) is 79.4 Å². The minimum atomic E-state index is -3.53. The van der Waals surface area contributed by atoms with Gasteiger partial charge in [0.15, 0.2) is 5.13 Å². The van der Waals surface area contributed by atoms with E-state index >= 15 is 0 Å². The third kappa shape index (κ3) is 3.82. The third-order valence-electron chi connectivity index (χ3n) is 4.26. The molecule has 2 heterocycles. The molecule has 1 aliphatic heterocycles. The average molecular weight is 394 g/mol. The summed E-state index contributed by atoms with van der Waals surface area (Å²) >= 11 is 1.35. The zero-order chi connectivity index (χ0) is 19.1. The molecule has 0 aliphatic carbocycles. The number of aryl methyl sites for hydroxylation is 1. The molecule has 140 valence electrons. The van der Waals surface area contributed by atoms with Crippen LogP contribution in [0.2, 0.25) is 0 Å². The molecular formula is C18H23N3O3S2. The Bertz CT molecular complexity index is 926. The normalized spacial score (nSPS) is 15.5. The van der Waals surface area contributed by atoms with E-state index in [1.54, 1.807) is 24.3 Å². The molecular weight excluding hydrogens is 370 g/mol. The SMILES string of the molecule is Cc1ccc(S(=O)(=O)N2CCc3nc(NC(=O)C(C)(C)C)sc3C2)cc1. The van der Waals surface area contributed by atoms with Crippen molar-refractivity contribution in [2.24, 2.45) is 5.41 Å². The van der Waals surface area contributed by atoms with Gasteiger partial charge in [0.05, 0.1) is 17.1 Å². The number of aromatic nitrogens is 1. The molecule has 1 aromatic carbocycles. The highest BCUT2D eigenvalue weighted by molar-refractivity contribution is 7.89. The van der Waals surface area contributed by atoms with Gasteiger partial charge in [0.2, 0.25) is 15.9 Å². The van der Waals surface area contributed by atoms with Gasteiger partial charge in [0, 0.05) is 23.3 Å². The lowest BCUT2D eigenvalue weighted by Crippen LogP contribution is -2.35. The van der Waals surface area contributed by atoms with Crippen molar-refractivity contribution in [1.29, 1.82) is 0 Å². The number of hydrogen-bond donors (Lipinski definition) is 1. The first kappa shape index (κ1) is 19.0. The Kier molecular flexibility index (Phi) is 4.94. The maximum absolute atomic E-state index is 12.9. The maximum atomic E-state index is 12.9. The van der Waals surface area contributed by atoms with E-state index in [1.165, 1.54) is 15.6 Å². The molecule has 0 bridgehead atoms. The molecule has 0 unspecified atom stereocenters. The fraction of sp³-hybridized carbons (Fsp3) is 0.444. The average Bonchev–Trinajstić information content (AvgIpc) is 2.95. The monoisotopic (exact) mass is 393 g/mol. The Morgan fingerprint density at radius 1 is 1.23 bits per heavy atom. The van der Waals surface area contributed by atoms with Crippen LogP contribution in [0.1, 0.15) is 36.9 Å². The van der Waals surface area contributed by atoms with Crippen LogP contribution in [0.15, 0.2) is 29.2 Å². The number of fused-ring (bicyclic) bond motifs is 1. The summed E-state index contributed by atoms with van der Waals surface area (Å²) in [5, 5.41) is 3.36. The van der Waals surface area contributed by atoms with Gasteiger partial charge >= 0.3 is 0 Å². The Balaban J connectivity index is 1.79. The summed E-state index contributed by atoms with van der Waals surface area (Å²) in [7, 11) is -3.53. The molecule has 0 atom stereocenters. The van der Waals surface area contributed by atoms with E-state index in [0.717, 1.165) is 16.1 Å². The minimum absolute atomic E-state index is 0.104. The van der Waals surface area contributed by atoms with E-state index in [4.69, 9.17) is 0 Å². The molecule has 1 aliphatic rings. The molecule has 6 nitrogen and oxygen atoms in total. The van der Waals surface area contributed by atoms with Gasteiger partial charge in [0.25, 0.3) is 0 Å². The minimum Gasteiger partial charge on any atom is -0.302 e. The number of carbonyl (C=O) groups excluding carboxylic acids is 1. The zero-order valence-electron chi connectivity index (χ0n) is 15.4. The number of rotatable bonds is 3. The van der Waals surface area contributed by atoms with Gasteiger partial charge in [-0.25, -0.2) is 13.4 Å². The highest BCUT2D eigenvalue weighted by Gasteiger charge is 2.31. The van der Waals surface area contributed by atoms with Crippen molar-refractivity contribution in [3.63, 3.8) is 0 Å². The molecule has 0 spiro atoms. The van der Waals surface area contributed by atoms with E-state index in [1.807, 2.05) is 27.7 Å². The fourth-order valence-corrected chi connectivity index (χ4v) is 5.08. The van der Waals surface area contributed by atoms with E-state index < -0.39 is 15.4 Å². The van der Waals surface area contributed by atoms with Crippen molar-refractivity contribution in [3.05, 3.63) is 40.4 Å². The summed E-state index contributed by atoms with van der Waals surface area (Å²) in [5.41, 5.74) is 1.38. The van der Waals surface area contributed by atoms with Crippen molar-refractivity contribution in [2.75, 3.05) is 11.9 Å². The lowest BCUT2D eigenvalue weighted by molar-refractivity contribution is -0.123. The predicted molar refractivity (Wildman–Crippen MR) is 103 cm³/mol. The summed E-state index contributed by atoms with van der Waals surface area (Å²) < 4.78 is 27.2. The van der Waals surface area contributed by atoms with E-state index in [9.17, 15) is 13.2 Å². The number of nitrogens with zero attached hydrogens (tertiary/aromatic N) is 2. The third-order valence-corrected chi connectivity index (χ3v) is 7.11. The smallest absolute Gasteiger partial charge is 0.243 e. The van der Waals surface area contributed by atoms with Gasteiger partial charge in [-0.15, -0.1) is 11.3 Å². The van der Waals surface area contributed by atoms with Gasteiger partial charge in [-0.05, 0) is 19.1 Å². The Morgan fingerprint density at radius 3 is 2.50 bits per heavy atom. The molecule has 1 amide bonds. The second-order valence-electron chi connectivity index (χ2n) is 7.49. The number of nitrogens with one attached hydrogen (secondary N) is 1. The predicted octanol–water partition coefficient (Wildman–Crippen LogP) is 3.18. The van der Waals surface area contributed by atoms with Crippen LogP contribution in [0.5, 0.6) is 0 Å². The van der Waals surface area contributed by atoms with Gasteiger partial charge < -0.3 is 5.32 Å². The number of hydrogen-bond acceptors (Lipinski definition) is 5. The lowest BCUT2D eigenvalue weighted by Gasteiger charge is -2.25. The van der Waals surface area contributed by atoms with Crippen molar-refractivity contribution < 1.29 is 13.2 Å². The molecule has 0 radical (unpaired) electrons. The summed E-state index contributed by atoms with van der Waals surface area (Å²) in [6.45, 7) is 8.12. The van der Waals surface area contributed by atoms with Crippen molar-refractivity contribution in [1.82, 2.24) is 9.29 Å². The Hall–Kier alpha value is -1.77. The first-order valence-electron chi connectivity index (χ1n) is 8.44. The Morgan fingerprint density at radius 2 is 1.88 bits per heavy atom. The lowest BCUT2D eigenvalue weighted by atomic mass is 9.96. The van der Waals surface area contributed by atoms with Crippen LogP contribution in [0.3, 0.4) is 0 Å². The van der Waals surface area contributed by atoms with Crippen molar-refractivity contribution in [2.45, 2.75) is 45.6 Å². The zero-order valence-corrected chi connectivity index (χ0v) is 17.0. The molecule has 26 heavy (non-hydrogen) atoms. The van der Waals surface area contributed by atoms with Gasteiger partial charge in [-0.2, -0.15) is 4.31 Å². The molecule has 1 aromatic heterocycles. The Labute approximate surface area is 158 Å². The van der Waals surface area contributed by atoms with Crippen LogP contribution >= 0.6 is 11.3 Å². The largest absolute Gasteiger partial charge is 0.302 e. The van der Waals surface area contributed by atoms with Crippen LogP contribution in [0.25, 0.3) is 0 Å². The number of benzene rings is 1. The van der Waals surface area contributed by atoms with Crippen LogP contribution in [-0.2, 0) is 27.8 Å². The molecule has 1 N–H and O–H groups in total. The molecule has 0 saturated carbocycles. The molecule has 0 saturated heterocycles. The molecule has 8 heteroatoms. The quantitative estimate of drug-likeness (QED) is 0.869. The second kappa shape index (κ2) is 6.75. The van der Waals surface area contributed by atoms with E-state index in [0.29, 0.717) is 23.0 Å². The highest BCUT2D eigenvalue weighted by Crippen LogP contribution is 2.32. The van der Waals surface area contributed by atoms with Gasteiger partial charge in [-0.1, -0.05) is 38.5 Å². The standard InChI is InChI=1S/C18H23N3O3S2/c1-12-5-7-13(8-6-12)26(23,24)21-10-9-14-15(11-21)25-17(19-14)20-16(22)18(2,3)4/h5-8H,9-11H2,1-4H3,(H,19,20,22). The summed E-state index contributed by atoms with van der Waals surface area (Å²) in [6, 6.07) is 6.88. The first-order chi connectivity index (χ1) is 12.1. The second-order valence-corrected chi connectivity index (χ2v) is 10.5. The highest BCUT2D eigenvalue weighted by atomic mass is 32.2. The molecule has 0 fully saturated rings. The first-order valence-corrected chi connectivity index (χ1v) is 10.7. The fourth-order valence-electron chi connectivity index (χ4n) is 2.57. The van der Waals surface area contributed by atoms with Crippen molar-refractivity contribution >= 4 is 32.4 Å².